The zero-order valence-corrected chi connectivity index (χ0v) is 21.5. The number of methoxy groups -OCH3 is 1. The number of hydrogen-bond donors (Lipinski definition) is 2. The van der Waals surface area contributed by atoms with Gasteiger partial charge in [-0.3, -0.25) is 14.4 Å². The summed E-state index contributed by atoms with van der Waals surface area (Å²) in [5, 5.41) is 2.54. The van der Waals surface area contributed by atoms with E-state index in [0.717, 1.165) is 24.2 Å². The van der Waals surface area contributed by atoms with Crippen molar-refractivity contribution in [2.75, 3.05) is 39.7 Å². The van der Waals surface area contributed by atoms with E-state index in [-0.39, 0.29) is 35.1 Å². The first-order chi connectivity index (χ1) is 17.1. The molecule has 10 heteroatoms. The van der Waals surface area contributed by atoms with Crippen molar-refractivity contribution in [3.63, 3.8) is 0 Å². The molecule has 1 unspecified atom stereocenters. The minimum atomic E-state index is -0.816. The third-order valence-corrected chi connectivity index (χ3v) is 6.46. The summed E-state index contributed by atoms with van der Waals surface area (Å²) in [5.74, 6) is -1.21. The Labute approximate surface area is 211 Å². The number of carbonyl (C=O) groups is 3. The molecule has 3 rings (SSSR count). The lowest BCUT2D eigenvalue weighted by Crippen LogP contribution is -2.46. The van der Waals surface area contributed by atoms with E-state index < -0.39 is 17.7 Å². The average Bonchev–Trinajstić information content (AvgIpc) is 2.86. The molecule has 3 amide bonds. The number of likely N-dealkylation sites (tertiary alicyclic amines) is 1. The van der Waals surface area contributed by atoms with Crippen LogP contribution >= 0.6 is 0 Å². The number of nitrogens with zero attached hydrogens (tertiary/aromatic N) is 3. The Hall–Kier alpha value is -3.66. The number of nitrogens with two attached hydrogens (primary N) is 1. The molecule has 1 aliphatic rings. The molecule has 2 aromatic rings. The molecule has 36 heavy (non-hydrogen) atoms. The summed E-state index contributed by atoms with van der Waals surface area (Å²) in [6.45, 7) is 5.12. The van der Waals surface area contributed by atoms with Crippen LogP contribution in [0.3, 0.4) is 0 Å². The standard InChI is InChI=1S/C26H35N5O5/c1-16-9-10-22(18-7-6-8-20(11-18)36-15-17(2)30(3)4)31(14-16)26(34)24(33)29-19-12-21(23(27)32)25(35-5)28-13-19/h6-8,11-13,16-17,22H,9-10,14-15H2,1-5H3,(H2,27,32)(H,29,33)/t16-,17?,22+/m0/s1. The van der Waals surface area contributed by atoms with Crippen LogP contribution in [0.25, 0.3) is 0 Å². The number of ether oxygens (including phenoxy) is 2. The first kappa shape index (κ1) is 26.9. The lowest BCUT2D eigenvalue weighted by Gasteiger charge is -2.38. The normalized spacial score (nSPS) is 18.4. The van der Waals surface area contributed by atoms with E-state index >= 15 is 0 Å². The maximum atomic E-state index is 13.3. The van der Waals surface area contributed by atoms with Crippen molar-refractivity contribution in [3.05, 3.63) is 47.7 Å². The summed E-state index contributed by atoms with van der Waals surface area (Å²) in [7, 11) is 5.36. The Kier molecular flexibility index (Phi) is 8.87. The van der Waals surface area contributed by atoms with Gasteiger partial charge in [0.15, 0.2) is 0 Å². The Morgan fingerprint density at radius 2 is 2.00 bits per heavy atom. The maximum Gasteiger partial charge on any atom is 0.313 e. The van der Waals surface area contributed by atoms with Crippen LogP contribution < -0.4 is 20.5 Å². The minimum absolute atomic E-state index is 0.00706. The molecule has 194 valence electrons. The van der Waals surface area contributed by atoms with Crippen molar-refractivity contribution in [2.45, 2.75) is 38.8 Å². The topological polar surface area (TPSA) is 127 Å². The number of hydrogen-bond acceptors (Lipinski definition) is 7. The monoisotopic (exact) mass is 497 g/mol. The predicted molar refractivity (Wildman–Crippen MR) is 136 cm³/mol. The summed E-state index contributed by atoms with van der Waals surface area (Å²) in [6.07, 6.45) is 2.97. The van der Waals surface area contributed by atoms with Gasteiger partial charge in [-0.05, 0) is 63.5 Å². The van der Waals surface area contributed by atoms with Crippen LogP contribution in [0.2, 0.25) is 0 Å². The second kappa shape index (κ2) is 11.9. The maximum absolute atomic E-state index is 13.3. The van der Waals surface area contributed by atoms with Crippen molar-refractivity contribution in [1.82, 2.24) is 14.8 Å². The molecule has 1 aromatic carbocycles. The molecule has 0 aliphatic carbocycles. The Morgan fingerprint density at radius 3 is 2.67 bits per heavy atom. The van der Waals surface area contributed by atoms with Crippen LogP contribution in [0.5, 0.6) is 11.6 Å². The van der Waals surface area contributed by atoms with Gasteiger partial charge in [-0.1, -0.05) is 19.1 Å². The lowest BCUT2D eigenvalue weighted by molar-refractivity contribution is -0.146. The van der Waals surface area contributed by atoms with Crippen molar-refractivity contribution < 1.29 is 23.9 Å². The smallest absolute Gasteiger partial charge is 0.313 e. The fraction of sp³-hybridized carbons (Fsp3) is 0.462. The fourth-order valence-electron chi connectivity index (χ4n) is 4.08. The van der Waals surface area contributed by atoms with Crippen LogP contribution in [0.4, 0.5) is 5.69 Å². The van der Waals surface area contributed by atoms with Gasteiger partial charge in [-0.25, -0.2) is 4.98 Å². The van der Waals surface area contributed by atoms with Gasteiger partial charge in [0.1, 0.15) is 17.9 Å². The van der Waals surface area contributed by atoms with E-state index in [1.165, 1.54) is 19.4 Å². The van der Waals surface area contributed by atoms with E-state index in [2.05, 4.69) is 29.0 Å². The highest BCUT2D eigenvalue weighted by atomic mass is 16.5. The number of aromatic nitrogens is 1. The number of likely N-dealkylation sites (N-methyl/N-ethyl adjacent to an activating group) is 1. The van der Waals surface area contributed by atoms with E-state index in [1.807, 2.05) is 38.4 Å². The molecule has 1 saturated heterocycles. The van der Waals surface area contributed by atoms with E-state index in [1.54, 1.807) is 4.90 Å². The highest BCUT2D eigenvalue weighted by molar-refractivity contribution is 6.39. The Morgan fingerprint density at radius 1 is 1.25 bits per heavy atom. The first-order valence-electron chi connectivity index (χ1n) is 12.0. The van der Waals surface area contributed by atoms with Crippen molar-refractivity contribution in [1.29, 1.82) is 0 Å². The molecule has 0 spiro atoms. The molecule has 0 saturated carbocycles. The molecule has 1 aliphatic heterocycles. The molecule has 10 nitrogen and oxygen atoms in total. The van der Waals surface area contributed by atoms with Crippen molar-refractivity contribution in [3.8, 4) is 11.6 Å². The highest BCUT2D eigenvalue weighted by Crippen LogP contribution is 2.35. The second-order valence-corrected chi connectivity index (χ2v) is 9.45. The van der Waals surface area contributed by atoms with Gasteiger partial charge >= 0.3 is 11.8 Å². The van der Waals surface area contributed by atoms with Crippen LogP contribution in [0.1, 0.15) is 48.7 Å². The van der Waals surface area contributed by atoms with Crippen molar-refractivity contribution in [2.24, 2.45) is 11.7 Å². The first-order valence-corrected chi connectivity index (χ1v) is 12.0. The zero-order chi connectivity index (χ0) is 26.4. The zero-order valence-electron chi connectivity index (χ0n) is 21.5. The Balaban J connectivity index is 1.78. The second-order valence-electron chi connectivity index (χ2n) is 9.45. The number of benzene rings is 1. The van der Waals surface area contributed by atoms with E-state index in [4.69, 9.17) is 15.2 Å². The van der Waals surface area contributed by atoms with Gasteiger partial charge in [-0.15, -0.1) is 0 Å². The number of amides is 3. The molecule has 3 N–H and O–H groups in total. The number of anilines is 1. The third kappa shape index (κ3) is 6.51. The molecule has 3 atom stereocenters. The number of nitrogens with one attached hydrogen (secondary N) is 1. The van der Waals surface area contributed by atoms with Crippen LogP contribution in [0.15, 0.2) is 36.5 Å². The molecule has 0 bridgehead atoms. The minimum Gasteiger partial charge on any atom is -0.492 e. The summed E-state index contributed by atoms with van der Waals surface area (Å²) < 4.78 is 11.0. The number of piperidine rings is 1. The molecule has 2 heterocycles. The summed E-state index contributed by atoms with van der Waals surface area (Å²) >= 11 is 0. The van der Waals surface area contributed by atoms with Gasteiger partial charge in [0.05, 0.1) is 25.0 Å². The van der Waals surface area contributed by atoms with Gasteiger partial charge in [0.25, 0.3) is 5.91 Å². The quantitative estimate of drug-likeness (QED) is 0.536. The highest BCUT2D eigenvalue weighted by Gasteiger charge is 2.34. The third-order valence-electron chi connectivity index (χ3n) is 6.46. The number of pyridine rings is 1. The van der Waals surface area contributed by atoms with Gasteiger partial charge in [-0.2, -0.15) is 0 Å². The van der Waals surface area contributed by atoms with Gasteiger partial charge in [0.2, 0.25) is 5.88 Å². The van der Waals surface area contributed by atoms with Crippen LogP contribution in [-0.4, -0.2) is 72.9 Å². The average molecular weight is 498 g/mol. The number of rotatable bonds is 8. The van der Waals surface area contributed by atoms with Crippen LogP contribution in [0, 0.1) is 5.92 Å². The SMILES string of the molecule is COc1ncc(NC(=O)C(=O)N2C[C@@H](C)CC[C@@H]2c2cccc(OCC(C)N(C)C)c2)cc1C(N)=O. The summed E-state index contributed by atoms with van der Waals surface area (Å²) in [4.78, 5) is 45.6. The molecule has 1 aromatic heterocycles. The van der Waals surface area contributed by atoms with Crippen LogP contribution in [-0.2, 0) is 9.59 Å². The van der Waals surface area contributed by atoms with Gasteiger partial charge in [0, 0.05) is 12.6 Å². The van der Waals surface area contributed by atoms with E-state index in [0.29, 0.717) is 13.2 Å². The predicted octanol–water partition coefficient (Wildman–Crippen LogP) is 2.46. The Bertz CT molecular complexity index is 1110. The molecule has 0 radical (unpaired) electrons. The molecular weight excluding hydrogens is 462 g/mol. The van der Waals surface area contributed by atoms with E-state index in [9.17, 15) is 14.4 Å². The number of carbonyl (C=O) groups excluding carboxylic acids is 3. The summed E-state index contributed by atoms with van der Waals surface area (Å²) in [6, 6.07) is 9.01. The van der Waals surface area contributed by atoms with Gasteiger partial charge < -0.3 is 30.3 Å². The lowest BCUT2D eigenvalue weighted by atomic mass is 9.89. The van der Waals surface area contributed by atoms with Crippen molar-refractivity contribution >= 4 is 23.4 Å². The number of primary amides is 1. The summed E-state index contributed by atoms with van der Waals surface area (Å²) in [5.41, 5.74) is 6.47. The molecular formula is C26H35N5O5. The fourth-order valence-corrected chi connectivity index (χ4v) is 4.08. The molecule has 1 fully saturated rings. The largest absolute Gasteiger partial charge is 0.492 e.